The Labute approximate surface area is 78.6 Å². The number of Topliss-reactive ketones (excluding diaryl/α,β-unsaturated/α-hetero) is 1. The van der Waals surface area contributed by atoms with Crippen molar-refractivity contribution >= 4 is 5.78 Å². The molecule has 2 aliphatic carbocycles. The molecule has 1 N–H and O–H groups in total. The number of ketones is 1. The van der Waals surface area contributed by atoms with Gasteiger partial charge in [0.1, 0.15) is 0 Å². The third-order valence-corrected chi connectivity index (χ3v) is 3.96. The van der Waals surface area contributed by atoms with Crippen LogP contribution in [0.5, 0.6) is 0 Å². The summed E-state index contributed by atoms with van der Waals surface area (Å²) in [5.41, 5.74) is 0.690. The van der Waals surface area contributed by atoms with Gasteiger partial charge in [0.25, 0.3) is 0 Å². The molecule has 0 aromatic heterocycles. The number of hydrogen-bond donors (Lipinski definition) is 1. The normalized spacial score (nSPS) is 45.1. The van der Waals surface area contributed by atoms with Crippen molar-refractivity contribution in [3.8, 4) is 0 Å². The molecule has 2 nitrogen and oxygen atoms in total. The third-order valence-electron chi connectivity index (χ3n) is 3.96. The van der Waals surface area contributed by atoms with E-state index in [1.54, 1.807) is 0 Å². The van der Waals surface area contributed by atoms with E-state index in [2.05, 4.69) is 13.5 Å². The minimum atomic E-state index is -0.234. The Kier molecular flexibility index (Phi) is 1.84. The van der Waals surface area contributed by atoms with Crippen LogP contribution in [0.2, 0.25) is 0 Å². The van der Waals surface area contributed by atoms with E-state index in [-0.39, 0.29) is 23.2 Å². The fraction of sp³-hybridized carbons (Fsp3) is 0.727. The van der Waals surface area contributed by atoms with Gasteiger partial charge in [-0.2, -0.15) is 0 Å². The Morgan fingerprint density at radius 3 is 2.92 bits per heavy atom. The summed E-state index contributed by atoms with van der Waals surface area (Å²) in [6.45, 7) is 5.95. The van der Waals surface area contributed by atoms with E-state index in [0.717, 1.165) is 24.8 Å². The maximum Gasteiger partial charge on any atom is 0.158 e. The second-order valence-corrected chi connectivity index (χ2v) is 4.60. The van der Waals surface area contributed by atoms with Gasteiger partial charge in [0.15, 0.2) is 5.78 Å². The molecule has 0 bridgehead atoms. The maximum atomic E-state index is 11.4. The number of carbonyl (C=O) groups excluding carboxylic acids is 1. The lowest BCUT2D eigenvalue weighted by Crippen LogP contribution is -2.38. The van der Waals surface area contributed by atoms with Gasteiger partial charge >= 0.3 is 0 Å². The fourth-order valence-corrected chi connectivity index (χ4v) is 2.87. The highest BCUT2D eigenvalue weighted by atomic mass is 16.3. The average molecular weight is 180 g/mol. The quantitative estimate of drug-likeness (QED) is 0.576. The topological polar surface area (TPSA) is 37.3 Å². The van der Waals surface area contributed by atoms with Gasteiger partial charge in [-0.3, -0.25) is 4.79 Å². The second kappa shape index (κ2) is 2.68. The lowest BCUT2D eigenvalue weighted by atomic mass is 9.66. The Hall–Kier alpha value is -0.630. The van der Waals surface area contributed by atoms with Crippen LogP contribution in [-0.2, 0) is 4.79 Å². The van der Waals surface area contributed by atoms with Crippen LogP contribution in [0.25, 0.3) is 0 Å². The van der Waals surface area contributed by atoms with Crippen LogP contribution >= 0.6 is 0 Å². The lowest BCUT2D eigenvalue weighted by Gasteiger charge is -2.38. The first kappa shape index (κ1) is 8.95. The van der Waals surface area contributed by atoms with Crippen molar-refractivity contribution in [2.75, 3.05) is 0 Å². The molecule has 3 unspecified atom stereocenters. The number of rotatable bonds is 0. The Morgan fingerprint density at radius 1 is 1.54 bits per heavy atom. The molecule has 0 aromatic carbocycles. The van der Waals surface area contributed by atoms with Crippen LogP contribution in [0, 0.1) is 11.3 Å². The van der Waals surface area contributed by atoms with Crippen LogP contribution in [0.4, 0.5) is 0 Å². The van der Waals surface area contributed by atoms with Crippen molar-refractivity contribution in [2.45, 2.75) is 38.7 Å². The SMILES string of the molecule is C=C1C(=O)CCC2(C)C(O)CCC12. The summed E-state index contributed by atoms with van der Waals surface area (Å²) in [6.07, 6.45) is 2.93. The molecule has 0 spiro atoms. The highest BCUT2D eigenvalue weighted by molar-refractivity contribution is 5.96. The van der Waals surface area contributed by atoms with Gasteiger partial charge in [0, 0.05) is 11.8 Å². The largest absolute Gasteiger partial charge is 0.393 e. The third kappa shape index (κ3) is 1.08. The molecule has 0 aromatic rings. The summed E-state index contributed by atoms with van der Waals surface area (Å²) >= 11 is 0. The first-order chi connectivity index (χ1) is 6.05. The molecule has 2 saturated carbocycles. The minimum absolute atomic E-state index is 0.0645. The van der Waals surface area contributed by atoms with E-state index < -0.39 is 0 Å². The molecule has 0 radical (unpaired) electrons. The fourth-order valence-electron chi connectivity index (χ4n) is 2.87. The van der Waals surface area contributed by atoms with E-state index in [0.29, 0.717) is 6.42 Å². The Bertz CT molecular complexity index is 269. The highest BCUT2D eigenvalue weighted by Crippen LogP contribution is 2.52. The standard InChI is InChI=1S/C11H16O2/c1-7-8-3-4-10(13)11(8,2)6-5-9(7)12/h8,10,13H,1,3-6H2,2H3. The summed E-state index contributed by atoms with van der Waals surface area (Å²) < 4.78 is 0. The zero-order valence-corrected chi connectivity index (χ0v) is 8.05. The van der Waals surface area contributed by atoms with Crippen molar-refractivity contribution in [3.05, 3.63) is 12.2 Å². The second-order valence-electron chi connectivity index (χ2n) is 4.60. The predicted molar refractivity (Wildman–Crippen MR) is 50.2 cm³/mol. The van der Waals surface area contributed by atoms with Gasteiger partial charge in [-0.15, -0.1) is 0 Å². The van der Waals surface area contributed by atoms with Crippen LogP contribution < -0.4 is 0 Å². The average Bonchev–Trinajstić information content (AvgIpc) is 2.39. The smallest absolute Gasteiger partial charge is 0.158 e. The van der Waals surface area contributed by atoms with Crippen molar-refractivity contribution in [3.63, 3.8) is 0 Å². The molecule has 0 amide bonds. The van der Waals surface area contributed by atoms with Gasteiger partial charge in [-0.1, -0.05) is 13.5 Å². The van der Waals surface area contributed by atoms with Gasteiger partial charge in [-0.25, -0.2) is 0 Å². The van der Waals surface area contributed by atoms with Crippen LogP contribution in [0.3, 0.4) is 0 Å². The molecule has 0 saturated heterocycles. The summed E-state index contributed by atoms with van der Waals surface area (Å²) in [5, 5.41) is 9.84. The monoisotopic (exact) mass is 180 g/mol. The van der Waals surface area contributed by atoms with E-state index in [1.807, 2.05) is 0 Å². The molecule has 2 heteroatoms. The van der Waals surface area contributed by atoms with Crippen molar-refractivity contribution in [1.82, 2.24) is 0 Å². The zero-order valence-electron chi connectivity index (χ0n) is 8.05. The molecule has 13 heavy (non-hydrogen) atoms. The maximum absolute atomic E-state index is 11.4. The zero-order chi connectivity index (χ0) is 9.64. The summed E-state index contributed by atoms with van der Waals surface area (Å²) in [4.78, 5) is 11.4. The van der Waals surface area contributed by atoms with Gasteiger partial charge in [0.05, 0.1) is 6.10 Å². The van der Waals surface area contributed by atoms with E-state index in [1.165, 1.54) is 0 Å². The summed E-state index contributed by atoms with van der Waals surface area (Å²) in [5.74, 6) is 0.445. The Morgan fingerprint density at radius 2 is 2.23 bits per heavy atom. The highest BCUT2D eigenvalue weighted by Gasteiger charge is 2.50. The Balaban J connectivity index is 2.31. The number of hydrogen-bond acceptors (Lipinski definition) is 2. The molecular weight excluding hydrogens is 164 g/mol. The number of aliphatic hydroxyl groups excluding tert-OH is 1. The summed E-state index contributed by atoms with van der Waals surface area (Å²) in [7, 11) is 0. The molecule has 72 valence electrons. The van der Waals surface area contributed by atoms with E-state index >= 15 is 0 Å². The van der Waals surface area contributed by atoms with Crippen molar-refractivity contribution in [2.24, 2.45) is 11.3 Å². The van der Waals surface area contributed by atoms with E-state index in [4.69, 9.17) is 0 Å². The van der Waals surface area contributed by atoms with Crippen LogP contribution in [0.15, 0.2) is 12.2 Å². The van der Waals surface area contributed by atoms with Gasteiger partial charge in [0.2, 0.25) is 0 Å². The van der Waals surface area contributed by atoms with Crippen LogP contribution in [-0.4, -0.2) is 17.0 Å². The van der Waals surface area contributed by atoms with Crippen LogP contribution in [0.1, 0.15) is 32.6 Å². The molecule has 2 fully saturated rings. The molecule has 0 heterocycles. The first-order valence-electron chi connectivity index (χ1n) is 4.96. The lowest BCUT2D eigenvalue weighted by molar-refractivity contribution is -0.119. The predicted octanol–water partition coefficient (Wildman–Crippen LogP) is 1.68. The molecule has 2 rings (SSSR count). The number of allylic oxidation sites excluding steroid dienone is 1. The number of carbonyl (C=O) groups is 1. The van der Waals surface area contributed by atoms with Crippen molar-refractivity contribution < 1.29 is 9.90 Å². The molecule has 3 atom stereocenters. The van der Waals surface area contributed by atoms with E-state index in [9.17, 15) is 9.90 Å². The molecular formula is C11H16O2. The van der Waals surface area contributed by atoms with Crippen molar-refractivity contribution in [1.29, 1.82) is 0 Å². The first-order valence-corrected chi connectivity index (χ1v) is 4.96. The van der Waals surface area contributed by atoms with Gasteiger partial charge < -0.3 is 5.11 Å². The van der Waals surface area contributed by atoms with Gasteiger partial charge in [-0.05, 0) is 30.8 Å². The molecule has 2 aliphatic rings. The molecule has 0 aliphatic heterocycles. The number of fused-ring (bicyclic) bond motifs is 1. The number of aliphatic hydroxyl groups is 1. The summed E-state index contributed by atoms with van der Waals surface area (Å²) in [6, 6.07) is 0. The minimum Gasteiger partial charge on any atom is -0.393 e.